The van der Waals surface area contributed by atoms with E-state index < -0.39 is 14.2 Å². The lowest BCUT2D eigenvalue weighted by Gasteiger charge is -2.42. The minimum atomic E-state index is -1.91. The van der Waals surface area contributed by atoms with Crippen LogP contribution in [-0.4, -0.2) is 46.1 Å². The first kappa shape index (κ1) is 20.1. The predicted molar refractivity (Wildman–Crippen MR) is 103 cm³/mol. The molecule has 0 spiro atoms. The zero-order chi connectivity index (χ0) is 18.8. The van der Waals surface area contributed by atoms with Crippen LogP contribution < -0.4 is 5.19 Å². The van der Waals surface area contributed by atoms with Crippen molar-refractivity contribution in [2.45, 2.75) is 45.0 Å². The van der Waals surface area contributed by atoms with Gasteiger partial charge in [-0.1, -0.05) is 62.5 Å². The number of aliphatic hydroxyl groups is 1. The summed E-state index contributed by atoms with van der Waals surface area (Å²) in [5.74, 6) is 0.00212. The second kappa shape index (κ2) is 7.60. The molecule has 4 nitrogen and oxygen atoms in total. The number of methoxy groups -OCH3 is 2. The average molecular weight is 365 g/mol. The molecule has 1 aromatic carbocycles. The van der Waals surface area contributed by atoms with Crippen LogP contribution in [0.15, 0.2) is 30.3 Å². The van der Waals surface area contributed by atoms with E-state index >= 15 is 0 Å². The molecule has 0 bridgehead atoms. The molecule has 0 aromatic heterocycles. The van der Waals surface area contributed by atoms with Crippen molar-refractivity contribution in [2.75, 3.05) is 20.8 Å². The molecule has 0 heterocycles. The van der Waals surface area contributed by atoms with Crippen LogP contribution in [0.1, 0.15) is 20.3 Å². The zero-order valence-electron chi connectivity index (χ0n) is 16.3. The first-order chi connectivity index (χ1) is 11.7. The van der Waals surface area contributed by atoms with Crippen molar-refractivity contribution in [2.24, 2.45) is 17.3 Å². The number of aliphatic hydroxyl groups excluding tert-OH is 1. The maximum atomic E-state index is 12.4. The second-order valence-electron chi connectivity index (χ2n) is 8.31. The van der Waals surface area contributed by atoms with Crippen LogP contribution >= 0.6 is 0 Å². The highest BCUT2D eigenvalue weighted by molar-refractivity contribution is 6.91. The lowest BCUT2D eigenvalue weighted by Crippen LogP contribution is -2.54. The van der Waals surface area contributed by atoms with Crippen LogP contribution in [0.3, 0.4) is 0 Å². The van der Waals surface area contributed by atoms with Crippen molar-refractivity contribution in [1.82, 2.24) is 0 Å². The van der Waals surface area contributed by atoms with Gasteiger partial charge >= 0.3 is 5.97 Å². The normalized spacial score (nSPS) is 30.9. The Labute approximate surface area is 152 Å². The summed E-state index contributed by atoms with van der Waals surface area (Å²) in [4.78, 5) is 12.4. The number of benzene rings is 1. The molecule has 1 aliphatic carbocycles. The van der Waals surface area contributed by atoms with Crippen LogP contribution in [-0.2, 0) is 14.3 Å². The van der Waals surface area contributed by atoms with E-state index in [-0.39, 0.29) is 23.9 Å². The van der Waals surface area contributed by atoms with Gasteiger partial charge in [0, 0.05) is 19.6 Å². The number of carbonyl (C=O) groups is 1. The molecule has 1 N–H and O–H groups in total. The summed E-state index contributed by atoms with van der Waals surface area (Å²) in [6, 6.07) is 10.6. The van der Waals surface area contributed by atoms with Crippen LogP contribution in [0.25, 0.3) is 0 Å². The summed E-state index contributed by atoms with van der Waals surface area (Å²) in [6.45, 7) is 9.11. The van der Waals surface area contributed by atoms with Gasteiger partial charge in [0.25, 0.3) is 0 Å². The van der Waals surface area contributed by atoms with E-state index in [1.54, 1.807) is 7.11 Å². The molecule has 0 amide bonds. The summed E-state index contributed by atoms with van der Waals surface area (Å²) < 4.78 is 10.7. The van der Waals surface area contributed by atoms with Gasteiger partial charge < -0.3 is 14.6 Å². The van der Waals surface area contributed by atoms with Gasteiger partial charge in [-0.25, -0.2) is 4.79 Å². The Hall–Kier alpha value is -1.17. The third-order valence-corrected chi connectivity index (χ3v) is 10.7. The molecule has 25 heavy (non-hydrogen) atoms. The van der Waals surface area contributed by atoms with E-state index in [1.807, 2.05) is 6.07 Å². The minimum Gasteiger partial charge on any atom is -0.467 e. The molecule has 1 fully saturated rings. The first-order valence-corrected chi connectivity index (χ1v) is 12.1. The quantitative estimate of drug-likeness (QED) is 0.623. The Balaban J connectivity index is 2.54. The first-order valence-electron chi connectivity index (χ1n) is 9.00. The lowest BCUT2D eigenvalue weighted by molar-refractivity contribution is -0.159. The molecule has 5 heteroatoms. The molecule has 1 saturated carbocycles. The molecule has 2 rings (SSSR count). The summed E-state index contributed by atoms with van der Waals surface area (Å²) in [5, 5.41) is 11.5. The number of hydrogen-bond donors (Lipinski definition) is 1. The SMILES string of the molecule is COC(=O)[C@@H](OC)[C@@H]1[C@@H]([Si](C)(C)c2ccccc2)[C@H](C)C[C@]1(C)CO. The van der Waals surface area contributed by atoms with E-state index in [2.05, 4.69) is 51.2 Å². The van der Waals surface area contributed by atoms with Crippen molar-refractivity contribution in [3.63, 3.8) is 0 Å². The zero-order valence-corrected chi connectivity index (χ0v) is 17.3. The van der Waals surface area contributed by atoms with Crippen LogP contribution in [0.2, 0.25) is 18.6 Å². The maximum Gasteiger partial charge on any atom is 0.335 e. The second-order valence-corrected chi connectivity index (χ2v) is 13.0. The third-order valence-electron chi connectivity index (χ3n) is 6.32. The summed E-state index contributed by atoms with van der Waals surface area (Å²) >= 11 is 0. The molecule has 0 aliphatic heterocycles. The maximum absolute atomic E-state index is 12.4. The van der Waals surface area contributed by atoms with Gasteiger partial charge in [0.05, 0.1) is 15.2 Å². The fourth-order valence-corrected chi connectivity index (χ4v) is 9.69. The highest BCUT2D eigenvalue weighted by Crippen LogP contribution is 2.58. The Morgan fingerprint density at radius 3 is 2.40 bits per heavy atom. The van der Waals surface area contributed by atoms with Gasteiger partial charge in [0.15, 0.2) is 6.10 Å². The Kier molecular flexibility index (Phi) is 6.12. The molecule has 0 saturated heterocycles. The van der Waals surface area contributed by atoms with Crippen molar-refractivity contribution < 1.29 is 19.4 Å². The highest BCUT2D eigenvalue weighted by Gasteiger charge is 2.59. The van der Waals surface area contributed by atoms with Gasteiger partial charge in [-0.05, 0) is 23.3 Å². The predicted octanol–water partition coefficient (Wildman–Crippen LogP) is 2.81. The summed E-state index contributed by atoms with van der Waals surface area (Å²) in [6.07, 6.45) is 0.242. The van der Waals surface area contributed by atoms with Gasteiger partial charge in [-0.2, -0.15) is 0 Å². The Bertz CT molecular complexity index is 589. The van der Waals surface area contributed by atoms with E-state index in [0.717, 1.165) is 6.42 Å². The molecular formula is C20H32O4Si. The fourth-order valence-electron chi connectivity index (χ4n) is 5.24. The van der Waals surface area contributed by atoms with Crippen LogP contribution in [0.4, 0.5) is 0 Å². The van der Waals surface area contributed by atoms with E-state index in [1.165, 1.54) is 12.3 Å². The number of rotatable bonds is 6. The van der Waals surface area contributed by atoms with Crippen molar-refractivity contribution in [3.8, 4) is 0 Å². The van der Waals surface area contributed by atoms with Gasteiger partial charge in [-0.15, -0.1) is 0 Å². The Morgan fingerprint density at radius 1 is 1.32 bits per heavy atom. The van der Waals surface area contributed by atoms with Gasteiger partial charge in [0.2, 0.25) is 0 Å². The van der Waals surface area contributed by atoms with E-state index in [0.29, 0.717) is 11.5 Å². The van der Waals surface area contributed by atoms with Crippen LogP contribution in [0, 0.1) is 17.3 Å². The summed E-state index contributed by atoms with van der Waals surface area (Å²) in [5.41, 5.74) is -0.0334. The summed E-state index contributed by atoms with van der Waals surface area (Å²) in [7, 11) is 1.05. The molecule has 0 unspecified atom stereocenters. The Morgan fingerprint density at radius 2 is 1.92 bits per heavy atom. The number of hydrogen-bond acceptors (Lipinski definition) is 4. The van der Waals surface area contributed by atoms with Crippen molar-refractivity contribution in [1.29, 1.82) is 0 Å². The van der Waals surface area contributed by atoms with Crippen molar-refractivity contribution >= 4 is 19.2 Å². The molecule has 5 atom stereocenters. The number of ether oxygens (including phenoxy) is 2. The fraction of sp³-hybridized carbons (Fsp3) is 0.650. The monoisotopic (exact) mass is 364 g/mol. The lowest BCUT2D eigenvalue weighted by atomic mass is 9.77. The highest BCUT2D eigenvalue weighted by atomic mass is 28.3. The minimum absolute atomic E-state index is 0.0502. The van der Waals surface area contributed by atoms with Gasteiger partial charge in [-0.3, -0.25) is 0 Å². The largest absolute Gasteiger partial charge is 0.467 e. The molecule has 1 aromatic rings. The van der Waals surface area contributed by atoms with E-state index in [9.17, 15) is 9.90 Å². The molecule has 0 radical (unpaired) electrons. The third kappa shape index (κ3) is 3.55. The molecule has 140 valence electrons. The van der Waals surface area contributed by atoms with Crippen LogP contribution in [0.5, 0.6) is 0 Å². The van der Waals surface area contributed by atoms with Gasteiger partial charge in [0.1, 0.15) is 0 Å². The average Bonchev–Trinajstić information content (AvgIpc) is 2.88. The molecular weight excluding hydrogens is 332 g/mol. The van der Waals surface area contributed by atoms with Crippen molar-refractivity contribution in [3.05, 3.63) is 30.3 Å². The smallest absolute Gasteiger partial charge is 0.335 e. The number of esters is 1. The van der Waals surface area contributed by atoms with E-state index in [4.69, 9.17) is 9.47 Å². The number of carbonyl (C=O) groups excluding carboxylic acids is 1. The molecule has 1 aliphatic rings. The standard InChI is InChI=1S/C20H32O4Si/c1-14-12-20(2,13-21)16(17(23-3)19(22)24-4)18(14)25(5,6)15-10-8-7-9-11-15/h7-11,14,16-18,21H,12-13H2,1-6H3/t14-,16-,17+,18+,20-/m1/s1. The topological polar surface area (TPSA) is 55.8 Å².